The Morgan fingerprint density at radius 1 is 0.962 bits per heavy atom. The fourth-order valence-electron chi connectivity index (χ4n) is 2.67. The highest BCUT2D eigenvalue weighted by Crippen LogP contribution is 2.38. The first-order valence-corrected chi connectivity index (χ1v) is 9.13. The molecule has 148 valence electrons. The number of carbonyl (C=O) groups excluding carboxylic acids is 1. The number of amides is 1. The van der Waals surface area contributed by atoms with Gasteiger partial charge in [-0.2, -0.15) is 0 Å². The molecule has 0 aliphatic rings. The van der Waals surface area contributed by atoms with E-state index in [0.717, 1.165) is 16.7 Å². The van der Waals surface area contributed by atoms with Gasteiger partial charge in [-0.1, -0.05) is 53.7 Å². The Morgan fingerprint density at radius 2 is 1.50 bits per heavy atom. The van der Waals surface area contributed by atoms with Crippen LogP contribution in [0, 0.1) is 0 Å². The Hall–Kier alpha value is -1.59. The zero-order chi connectivity index (χ0) is 20.3. The van der Waals surface area contributed by atoms with E-state index < -0.39 is 5.54 Å². The molecule has 0 saturated carbocycles. The number of hydrogen-bond acceptors (Lipinski definition) is 4. The van der Waals surface area contributed by atoms with Crippen molar-refractivity contribution in [1.82, 2.24) is 5.32 Å². The first-order valence-electron chi connectivity index (χ1n) is 9.13. The summed E-state index contributed by atoms with van der Waals surface area (Å²) in [4.78, 5) is 12.2. The second-order valence-corrected chi connectivity index (χ2v) is 9.46. The van der Waals surface area contributed by atoms with Crippen molar-refractivity contribution >= 4 is 5.91 Å². The van der Waals surface area contributed by atoms with Crippen molar-refractivity contribution in [1.29, 1.82) is 0 Å². The molecule has 5 nitrogen and oxygen atoms in total. The maximum atomic E-state index is 12.2. The molecule has 1 aromatic carbocycles. The summed E-state index contributed by atoms with van der Waals surface area (Å²) in [6.45, 7) is 13.4. The lowest BCUT2D eigenvalue weighted by Crippen LogP contribution is -2.51. The van der Waals surface area contributed by atoms with Crippen molar-refractivity contribution in [2.45, 2.75) is 77.7 Å². The van der Waals surface area contributed by atoms with Crippen LogP contribution in [0.15, 0.2) is 12.1 Å². The molecule has 4 N–H and O–H groups in total. The highest BCUT2D eigenvalue weighted by atomic mass is 16.3. The Kier molecular flexibility index (Phi) is 6.88. The summed E-state index contributed by atoms with van der Waals surface area (Å²) in [7, 11) is 0. The Bertz CT molecular complexity index is 635. The lowest BCUT2D eigenvalue weighted by Gasteiger charge is -2.28. The van der Waals surface area contributed by atoms with Gasteiger partial charge in [-0.25, -0.2) is 0 Å². The van der Waals surface area contributed by atoms with Gasteiger partial charge in [0.15, 0.2) is 0 Å². The van der Waals surface area contributed by atoms with Crippen LogP contribution >= 0.6 is 0 Å². The second kappa shape index (κ2) is 7.97. The van der Waals surface area contributed by atoms with Crippen LogP contribution in [0.5, 0.6) is 5.75 Å². The molecule has 26 heavy (non-hydrogen) atoms. The number of benzene rings is 1. The van der Waals surface area contributed by atoms with E-state index in [4.69, 9.17) is 0 Å². The highest BCUT2D eigenvalue weighted by molar-refractivity contribution is 5.77. The maximum Gasteiger partial charge on any atom is 0.220 e. The van der Waals surface area contributed by atoms with Gasteiger partial charge >= 0.3 is 0 Å². The zero-order valence-electron chi connectivity index (χ0n) is 17.2. The molecule has 0 fully saturated rings. The third-order valence-corrected chi connectivity index (χ3v) is 4.62. The number of hydrogen-bond donors (Lipinski definition) is 4. The Labute approximate surface area is 157 Å². The molecule has 0 heterocycles. The minimum absolute atomic E-state index is 0.0724. The van der Waals surface area contributed by atoms with Crippen molar-refractivity contribution in [3.05, 3.63) is 28.8 Å². The maximum absolute atomic E-state index is 12.2. The second-order valence-electron chi connectivity index (χ2n) is 9.46. The highest BCUT2D eigenvalue weighted by Gasteiger charge is 2.27. The van der Waals surface area contributed by atoms with Crippen molar-refractivity contribution in [2.24, 2.45) is 0 Å². The van der Waals surface area contributed by atoms with Crippen LogP contribution in [-0.4, -0.2) is 40.0 Å². The van der Waals surface area contributed by atoms with E-state index in [-0.39, 0.29) is 42.1 Å². The number of aliphatic hydroxyl groups excluding tert-OH is 2. The third kappa shape index (κ3) is 5.71. The molecule has 0 aliphatic carbocycles. The van der Waals surface area contributed by atoms with E-state index in [1.54, 1.807) is 6.92 Å². The van der Waals surface area contributed by atoms with E-state index in [0.29, 0.717) is 6.42 Å². The summed E-state index contributed by atoms with van der Waals surface area (Å²) in [5.74, 6) is -0.0288. The summed E-state index contributed by atoms with van der Waals surface area (Å²) in [5.41, 5.74) is 1.41. The molecule has 0 unspecified atom stereocenters. The summed E-state index contributed by atoms with van der Waals surface area (Å²) >= 11 is 0. The molecular formula is C21H35NO4. The van der Waals surface area contributed by atoms with Crippen LogP contribution in [0.25, 0.3) is 0 Å². The molecule has 0 aromatic heterocycles. The molecule has 0 radical (unpaired) electrons. The van der Waals surface area contributed by atoms with E-state index in [1.807, 2.05) is 12.1 Å². The van der Waals surface area contributed by atoms with Gasteiger partial charge in [0.2, 0.25) is 5.91 Å². The predicted octanol–water partition coefficient (Wildman–Crippen LogP) is 2.78. The number of nitrogens with one attached hydrogen (secondary N) is 1. The fourth-order valence-corrected chi connectivity index (χ4v) is 2.67. The standard InChI is InChI=1S/C21H35NO4/c1-19(2,3)15-10-14(18(26)16(11-15)20(4,5)6)8-9-17(25)22-21(7,12-23)13-24/h10-11,23-24,26H,8-9,12-13H2,1-7H3,(H,22,25). The topological polar surface area (TPSA) is 89.8 Å². The molecule has 0 saturated heterocycles. The largest absolute Gasteiger partial charge is 0.507 e. The Morgan fingerprint density at radius 3 is 1.92 bits per heavy atom. The van der Waals surface area contributed by atoms with Crippen LogP contribution in [0.1, 0.15) is 71.6 Å². The smallest absolute Gasteiger partial charge is 0.220 e. The lowest BCUT2D eigenvalue weighted by atomic mass is 9.78. The van der Waals surface area contributed by atoms with Gasteiger partial charge in [0, 0.05) is 6.42 Å². The average Bonchev–Trinajstić information content (AvgIpc) is 2.51. The Balaban J connectivity index is 3.11. The van der Waals surface area contributed by atoms with Crippen LogP contribution in [-0.2, 0) is 22.0 Å². The molecular weight excluding hydrogens is 330 g/mol. The summed E-state index contributed by atoms with van der Waals surface area (Å²) in [6, 6.07) is 4.02. The van der Waals surface area contributed by atoms with Crippen LogP contribution in [0.2, 0.25) is 0 Å². The fraction of sp³-hybridized carbons (Fsp3) is 0.667. The summed E-state index contributed by atoms with van der Waals surface area (Å²) in [5, 5.41) is 32.0. The number of aliphatic hydroxyl groups is 2. The molecule has 5 heteroatoms. The van der Waals surface area contributed by atoms with Crippen molar-refractivity contribution < 1.29 is 20.1 Å². The molecule has 1 aromatic rings. The first-order chi connectivity index (χ1) is 11.7. The normalized spacial score (nSPS) is 13.0. The minimum atomic E-state index is -1.04. The summed E-state index contributed by atoms with van der Waals surface area (Å²) < 4.78 is 0. The molecule has 0 aliphatic heterocycles. The van der Waals surface area contributed by atoms with Gasteiger partial charge in [-0.05, 0) is 40.9 Å². The number of phenolic OH excluding ortho intramolecular Hbond substituents is 1. The van der Waals surface area contributed by atoms with E-state index in [9.17, 15) is 20.1 Å². The zero-order valence-corrected chi connectivity index (χ0v) is 17.2. The van der Waals surface area contributed by atoms with Crippen LogP contribution < -0.4 is 5.32 Å². The SMILES string of the molecule is CC(CO)(CO)NC(=O)CCc1cc(C(C)(C)C)cc(C(C)(C)C)c1O. The van der Waals surface area contributed by atoms with Crippen molar-refractivity contribution in [2.75, 3.05) is 13.2 Å². The van der Waals surface area contributed by atoms with Crippen LogP contribution in [0.4, 0.5) is 0 Å². The van der Waals surface area contributed by atoms with Crippen LogP contribution in [0.3, 0.4) is 0 Å². The quantitative estimate of drug-likeness (QED) is 0.624. The van der Waals surface area contributed by atoms with Gasteiger partial charge < -0.3 is 20.6 Å². The number of rotatable bonds is 6. The molecule has 0 spiro atoms. The van der Waals surface area contributed by atoms with Gasteiger partial charge in [-0.3, -0.25) is 4.79 Å². The first kappa shape index (κ1) is 22.5. The van der Waals surface area contributed by atoms with E-state index in [2.05, 4.69) is 46.9 Å². The van der Waals surface area contributed by atoms with Gasteiger partial charge in [0.1, 0.15) is 5.75 Å². The predicted molar refractivity (Wildman–Crippen MR) is 105 cm³/mol. The number of aromatic hydroxyl groups is 1. The molecule has 1 amide bonds. The van der Waals surface area contributed by atoms with Crippen molar-refractivity contribution in [3.8, 4) is 5.75 Å². The monoisotopic (exact) mass is 365 g/mol. The molecule has 0 bridgehead atoms. The van der Waals surface area contributed by atoms with Crippen molar-refractivity contribution in [3.63, 3.8) is 0 Å². The molecule has 0 atom stereocenters. The van der Waals surface area contributed by atoms with E-state index >= 15 is 0 Å². The van der Waals surface area contributed by atoms with Gasteiger partial charge in [0.25, 0.3) is 0 Å². The van der Waals surface area contributed by atoms with Gasteiger partial charge in [-0.15, -0.1) is 0 Å². The number of carbonyl (C=O) groups is 1. The molecule has 1 rings (SSSR count). The third-order valence-electron chi connectivity index (χ3n) is 4.62. The minimum Gasteiger partial charge on any atom is -0.507 e. The number of aryl methyl sites for hydroxylation is 1. The number of phenols is 1. The average molecular weight is 366 g/mol. The van der Waals surface area contributed by atoms with Gasteiger partial charge in [0.05, 0.1) is 18.8 Å². The van der Waals surface area contributed by atoms with E-state index in [1.165, 1.54) is 0 Å². The summed E-state index contributed by atoms with van der Waals surface area (Å²) in [6.07, 6.45) is 0.554. The lowest BCUT2D eigenvalue weighted by molar-refractivity contribution is -0.124.